The molecule has 0 radical (unpaired) electrons. The highest BCUT2D eigenvalue weighted by Crippen LogP contribution is 2.38. The van der Waals surface area contributed by atoms with Crippen LogP contribution in [0.2, 0.25) is 5.02 Å². The minimum atomic E-state index is -0.500. The van der Waals surface area contributed by atoms with E-state index in [4.69, 9.17) is 21.1 Å². The highest BCUT2D eigenvalue weighted by atomic mass is 35.5. The van der Waals surface area contributed by atoms with E-state index in [0.717, 1.165) is 16.3 Å². The summed E-state index contributed by atoms with van der Waals surface area (Å²) in [4.78, 5) is 10.6. The van der Waals surface area contributed by atoms with Gasteiger partial charge in [0.05, 0.1) is 28.7 Å². The Morgan fingerprint density at radius 2 is 1.85 bits per heavy atom. The molecule has 4 rings (SSSR count). The zero-order valence-electron chi connectivity index (χ0n) is 18.2. The second-order valence-electron chi connectivity index (χ2n) is 7.44. The summed E-state index contributed by atoms with van der Waals surface area (Å²) in [7, 11) is 1.51. The monoisotopic (exact) mass is 470 g/mol. The van der Waals surface area contributed by atoms with Gasteiger partial charge in [0.25, 0.3) is 5.69 Å². The van der Waals surface area contributed by atoms with Gasteiger partial charge in [-0.2, -0.15) is 5.26 Å². The molecule has 0 fully saturated rings. The van der Waals surface area contributed by atoms with Gasteiger partial charge in [0.1, 0.15) is 6.61 Å². The van der Waals surface area contributed by atoms with Gasteiger partial charge < -0.3 is 9.47 Å². The zero-order valence-corrected chi connectivity index (χ0v) is 19.0. The maximum atomic E-state index is 11.1. The number of benzene rings is 4. The average Bonchev–Trinajstić information content (AvgIpc) is 2.86. The maximum Gasteiger partial charge on any atom is 0.270 e. The Labute approximate surface area is 201 Å². The van der Waals surface area contributed by atoms with Gasteiger partial charge in [-0.1, -0.05) is 66.2 Å². The fourth-order valence-corrected chi connectivity index (χ4v) is 3.94. The summed E-state index contributed by atoms with van der Waals surface area (Å²) in [6.07, 6.45) is 1.60. The first-order chi connectivity index (χ1) is 16.5. The van der Waals surface area contributed by atoms with Crippen LogP contribution in [0.4, 0.5) is 5.69 Å². The van der Waals surface area contributed by atoms with Crippen LogP contribution in [0.3, 0.4) is 0 Å². The van der Waals surface area contributed by atoms with E-state index in [2.05, 4.69) is 6.07 Å². The number of nitro groups is 1. The molecule has 0 aliphatic rings. The van der Waals surface area contributed by atoms with E-state index in [1.54, 1.807) is 24.3 Å². The number of fused-ring (bicyclic) bond motifs is 1. The lowest BCUT2D eigenvalue weighted by Crippen LogP contribution is -2.00. The molecule has 0 amide bonds. The highest BCUT2D eigenvalue weighted by Gasteiger charge is 2.14. The predicted octanol–water partition coefficient (Wildman–Crippen LogP) is 7.05. The van der Waals surface area contributed by atoms with E-state index in [1.807, 2.05) is 42.5 Å². The number of hydrogen-bond donors (Lipinski definition) is 0. The molecule has 0 heterocycles. The zero-order chi connectivity index (χ0) is 24.1. The third kappa shape index (κ3) is 4.85. The molecular formula is C27H19ClN2O4. The summed E-state index contributed by atoms with van der Waals surface area (Å²) < 4.78 is 11.6. The van der Waals surface area contributed by atoms with E-state index < -0.39 is 4.92 Å². The molecule has 0 saturated carbocycles. The van der Waals surface area contributed by atoms with Gasteiger partial charge in [0, 0.05) is 12.1 Å². The van der Waals surface area contributed by atoms with Crippen LogP contribution in [0, 0.1) is 21.4 Å². The Hall–Kier alpha value is -4.34. The van der Waals surface area contributed by atoms with Crippen molar-refractivity contribution in [1.82, 2.24) is 0 Å². The highest BCUT2D eigenvalue weighted by molar-refractivity contribution is 6.32. The molecule has 168 valence electrons. The molecule has 0 spiro atoms. The van der Waals surface area contributed by atoms with Gasteiger partial charge in [-0.3, -0.25) is 10.1 Å². The van der Waals surface area contributed by atoms with Crippen molar-refractivity contribution >= 4 is 39.7 Å². The molecule has 0 N–H and O–H groups in total. The summed E-state index contributed by atoms with van der Waals surface area (Å²) in [6.45, 7) is 0.295. The molecule has 4 aromatic rings. The summed E-state index contributed by atoms with van der Waals surface area (Å²) in [5.41, 5.74) is 2.21. The molecule has 4 aromatic carbocycles. The van der Waals surface area contributed by atoms with E-state index >= 15 is 0 Å². The number of halogens is 1. The molecule has 0 unspecified atom stereocenters. The number of hydrogen-bond acceptors (Lipinski definition) is 5. The number of nitrogens with zero attached hydrogens (tertiary/aromatic N) is 2. The van der Waals surface area contributed by atoms with Crippen molar-refractivity contribution in [1.29, 1.82) is 5.26 Å². The SMILES string of the molecule is COc1cc(C=C(C#N)c2cccc([N+](=O)[O-])c2)cc(Cl)c1OCc1cccc2ccccc12. The molecule has 0 aliphatic heterocycles. The quantitative estimate of drug-likeness (QED) is 0.125. The summed E-state index contributed by atoms with van der Waals surface area (Å²) in [5.74, 6) is 0.804. The Morgan fingerprint density at radius 1 is 1.09 bits per heavy atom. The Bertz CT molecular complexity index is 1450. The summed E-state index contributed by atoms with van der Waals surface area (Å²) >= 11 is 6.53. The molecule has 0 bridgehead atoms. The van der Waals surface area contributed by atoms with Crippen molar-refractivity contribution in [2.75, 3.05) is 7.11 Å². The standard InChI is InChI=1S/C27H19ClN2O4/c1-33-26-14-18(12-22(16-29)20-8-5-10-23(15-20)30(31)32)13-25(28)27(26)34-17-21-9-4-7-19-6-2-3-11-24(19)21/h2-15H,17H2,1H3. The molecule has 0 aromatic heterocycles. The molecule has 0 saturated heterocycles. The van der Waals surface area contributed by atoms with Gasteiger partial charge in [-0.05, 0) is 45.7 Å². The van der Waals surface area contributed by atoms with Gasteiger partial charge in [0.2, 0.25) is 0 Å². The summed E-state index contributed by atoms with van der Waals surface area (Å²) in [6, 6.07) is 25.4. The largest absolute Gasteiger partial charge is 0.493 e. The van der Waals surface area contributed by atoms with Crippen LogP contribution in [-0.2, 0) is 6.61 Å². The number of rotatable bonds is 7. The molecule has 34 heavy (non-hydrogen) atoms. The van der Waals surface area contributed by atoms with Crippen LogP contribution in [0.15, 0.2) is 78.9 Å². The first-order valence-electron chi connectivity index (χ1n) is 10.3. The number of ether oxygens (including phenoxy) is 2. The lowest BCUT2D eigenvalue weighted by atomic mass is 10.0. The normalized spacial score (nSPS) is 11.1. The van der Waals surface area contributed by atoms with Crippen molar-refractivity contribution in [3.8, 4) is 17.6 Å². The fraction of sp³-hybridized carbons (Fsp3) is 0.0741. The Morgan fingerprint density at radius 3 is 2.62 bits per heavy atom. The number of allylic oxidation sites excluding steroid dienone is 1. The second kappa shape index (κ2) is 10.1. The van der Waals surface area contributed by atoms with Crippen LogP contribution >= 0.6 is 11.6 Å². The van der Waals surface area contributed by atoms with Gasteiger partial charge >= 0.3 is 0 Å². The van der Waals surface area contributed by atoms with Gasteiger partial charge in [0.15, 0.2) is 11.5 Å². The molecular weight excluding hydrogens is 452 g/mol. The minimum Gasteiger partial charge on any atom is -0.493 e. The number of methoxy groups -OCH3 is 1. The lowest BCUT2D eigenvalue weighted by Gasteiger charge is -2.14. The Kier molecular flexibility index (Phi) is 6.77. The maximum absolute atomic E-state index is 11.1. The topological polar surface area (TPSA) is 85.4 Å². The summed E-state index contributed by atoms with van der Waals surface area (Å²) in [5, 5.41) is 23.3. The van der Waals surface area contributed by atoms with Crippen molar-refractivity contribution in [3.63, 3.8) is 0 Å². The third-order valence-corrected chi connectivity index (χ3v) is 5.58. The van der Waals surface area contributed by atoms with Crippen LogP contribution in [-0.4, -0.2) is 12.0 Å². The fourth-order valence-electron chi connectivity index (χ4n) is 3.67. The minimum absolute atomic E-state index is 0.0913. The molecule has 0 atom stereocenters. The van der Waals surface area contributed by atoms with Gasteiger partial charge in [-0.25, -0.2) is 0 Å². The first-order valence-corrected chi connectivity index (χ1v) is 10.7. The molecule has 0 aliphatic carbocycles. The van der Waals surface area contributed by atoms with Crippen LogP contribution in [0.5, 0.6) is 11.5 Å². The lowest BCUT2D eigenvalue weighted by molar-refractivity contribution is -0.384. The second-order valence-corrected chi connectivity index (χ2v) is 7.85. The number of nitro benzene ring substituents is 1. The van der Waals surface area contributed by atoms with Crippen molar-refractivity contribution in [3.05, 3.63) is 111 Å². The van der Waals surface area contributed by atoms with Gasteiger partial charge in [-0.15, -0.1) is 0 Å². The molecule has 6 nitrogen and oxygen atoms in total. The molecule has 7 heteroatoms. The van der Waals surface area contributed by atoms with E-state index in [-0.39, 0.29) is 11.3 Å². The number of nitriles is 1. The average molecular weight is 471 g/mol. The van der Waals surface area contributed by atoms with E-state index in [1.165, 1.54) is 25.3 Å². The van der Waals surface area contributed by atoms with E-state index in [9.17, 15) is 15.4 Å². The van der Waals surface area contributed by atoms with Crippen molar-refractivity contribution < 1.29 is 14.4 Å². The van der Waals surface area contributed by atoms with Crippen LogP contribution in [0.25, 0.3) is 22.4 Å². The van der Waals surface area contributed by atoms with Crippen LogP contribution < -0.4 is 9.47 Å². The van der Waals surface area contributed by atoms with Crippen molar-refractivity contribution in [2.24, 2.45) is 0 Å². The predicted molar refractivity (Wildman–Crippen MR) is 133 cm³/mol. The van der Waals surface area contributed by atoms with Crippen molar-refractivity contribution in [2.45, 2.75) is 6.61 Å². The first kappa shape index (κ1) is 22.8. The third-order valence-electron chi connectivity index (χ3n) is 5.30. The van der Waals surface area contributed by atoms with E-state index in [0.29, 0.717) is 34.3 Å². The number of non-ortho nitro benzene ring substituents is 1. The smallest absolute Gasteiger partial charge is 0.270 e. The Balaban J connectivity index is 1.64. The van der Waals surface area contributed by atoms with Crippen LogP contribution in [0.1, 0.15) is 16.7 Å².